The molecule has 1 aromatic heterocycles. The van der Waals surface area contributed by atoms with E-state index in [0.29, 0.717) is 0 Å². The maximum absolute atomic E-state index is 10.1. The number of terminal acetylenes is 4. The fraction of sp³-hybridized carbons (Fsp3) is 0.514. The van der Waals surface area contributed by atoms with Gasteiger partial charge in [0, 0.05) is 30.3 Å². The van der Waals surface area contributed by atoms with Crippen LogP contribution in [0.15, 0.2) is 36.4 Å². The Morgan fingerprint density at radius 3 is 1.63 bits per heavy atom. The van der Waals surface area contributed by atoms with Crippen LogP contribution < -0.4 is 10.6 Å². The van der Waals surface area contributed by atoms with Gasteiger partial charge in [0.2, 0.25) is 6.41 Å². The van der Waals surface area contributed by atoms with Crippen LogP contribution in [-0.4, -0.2) is 49.0 Å². The summed E-state index contributed by atoms with van der Waals surface area (Å²) in [5.74, 6) is 0.774. The number of carbonyl (C=O) groups excluding carboxylic acids is 1. The Morgan fingerprint density at radius 1 is 0.837 bits per heavy atom. The summed E-state index contributed by atoms with van der Waals surface area (Å²) in [6, 6.07) is 12.0. The Hall–Kier alpha value is -3.52. The van der Waals surface area contributed by atoms with Gasteiger partial charge >= 0.3 is 0 Å². The van der Waals surface area contributed by atoms with Crippen molar-refractivity contribution in [2.75, 3.05) is 32.7 Å². The summed E-state index contributed by atoms with van der Waals surface area (Å²) in [4.78, 5) is 18.1. The average Bonchev–Trinajstić information content (AvgIpc) is 3.80. The minimum atomic E-state index is 0.774. The normalized spacial score (nSPS) is 15.9. The molecule has 3 fully saturated rings. The molecule has 43 heavy (non-hydrogen) atoms. The molecule has 1 saturated carbocycles. The number of benzene rings is 1. The van der Waals surface area contributed by atoms with Crippen LogP contribution in [0.3, 0.4) is 0 Å². The number of quaternary nitrogens is 2. The van der Waals surface area contributed by atoms with Crippen molar-refractivity contribution < 1.29 is 15.4 Å². The second-order valence-corrected chi connectivity index (χ2v) is 11.0. The molecule has 1 aromatic carbocycles. The number of aryl methyl sites for hydroxylation is 1. The van der Waals surface area contributed by atoms with Gasteiger partial charge in [0.1, 0.15) is 12.2 Å². The van der Waals surface area contributed by atoms with Gasteiger partial charge in [-0.25, -0.2) is 4.98 Å². The van der Waals surface area contributed by atoms with Crippen LogP contribution in [-0.2, 0) is 11.3 Å². The van der Waals surface area contributed by atoms with Gasteiger partial charge in [-0.1, -0.05) is 74.9 Å². The molecule has 5 nitrogen and oxygen atoms in total. The highest BCUT2D eigenvalue weighted by atomic mass is 32.1. The Kier molecular flexibility index (Phi) is 37.3. The van der Waals surface area contributed by atoms with Crippen molar-refractivity contribution in [1.29, 1.82) is 0 Å². The zero-order valence-electron chi connectivity index (χ0n) is 26.9. The fourth-order valence-electron chi connectivity index (χ4n) is 4.70. The second-order valence-electron chi connectivity index (χ2n) is 9.72. The number of nitrogens with zero attached hydrogens (tertiary/aromatic N) is 2. The third kappa shape index (κ3) is 24.8. The number of aromatic nitrogens is 1. The predicted octanol–water partition coefficient (Wildman–Crippen LogP) is 5.24. The van der Waals surface area contributed by atoms with E-state index in [4.69, 9.17) is 0 Å². The van der Waals surface area contributed by atoms with Crippen molar-refractivity contribution in [3.8, 4) is 51.4 Å². The molecule has 2 aromatic rings. The summed E-state index contributed by atoms with van der Waals surface area (Å²) >= 11 is 1.91. The monoisotopic (exact) mass is 606 g/mol. The largest absolute Gasteiger partial charge is 0.346 e. The van der Waals surface area contributed by atoms with Gasteiger partial charge < -0.3 is 15.5 Å². The standard InChI is InChI=1S/C11H19N3S.C6H11NO.C6H12.C6H6.4C2H2/c1-3-12-7-10-11(15-8(2)14-10)9-4-5-13-6-9;8-6-7-4-2-1-3-5-7;2*1-2-4-6-5-3-1;4*1-2/h9,12-13H,3-7H2,1-2H3;6H,1-5H2;1-6H2;1-6H;4*1-2H/p+2/t9-;;;;;;;/m0......./s1. The van der Waals surface area contributed by atoms with Gasteiger partial charge in [0.05, 0.1) is 24.6 Å². The van der Waals surface area contributed by atoms with E-state index in [-0.39, 0.29) is 0 Å². The lowest BCUT2D eigenvalue weighted by atomic mass is 10.0. The van der Waals surface area contributed by atoms with Gasteiger partial charge in [-0.05, 0) is 33.1 Å². The fourth-order valence-corrected chi connectivity index (χ4v) is 5.80. The van der Waals surface area contributed by atoms with Crippen LogP contribution in [0.4, 0.5) is 0 Å². The lowest BCUT2D eigenvalue weighted by molar-refractivity contribution is -0.668. The molecule has 0 bridgehead atoms. The molecule has 5 rings (SSSR count). The Labute approximate surface area is 269 Å². The molecule has 3 heterocycles. The molecule has 4 N–H and O–H groups in total. The van der Waals surface area contributed by atoms with Gasteiger partial charge in [-0.15, -0.1) is 62.7 Å². The molecular weight excluding hydrogens is 549 g/mol. The molecule has 236 valence electrons. The molecule has 2 saturated heterocycles. The van der Waals surface area contributed by atoms with Crippen LogP contribution in [0.5, 0.6) is 0 Å². The summed E-state index contributed by atoms with van der Waals surface area (Å²) in [5, 5.41) is 5.99. The maximum Gasteiger partial charge on any atom is 0.209 e. The van der Waals surface area contributed by atoms with E-state index in [1.165, 1.54) is 88.0 Å². The molecule has 1 aliphatic carbocycles. The molecule has 0 radical (unpaired) electrons. The lowest BCUT2D eigenvalue weighted by Crippen LogP contribution is -2.82. The predicted molar refractivity (Wildman–Crippen MR) is 187 cm³/mol. The van der Waals surface area contributed by atoms with Crippen LogP contribution in [0.25, 0.3) is 0 Å². The minimum absolute atomic E-state index is 0.774. The first-order valence-corrected chi connectivity index (χ1v) is 16.2. The quantitative estimate of drug-likeness (QED) is 0.361. The number of rotatable bonds is 5. The van der Waals surface area contributed by atoms with Gasteiger partial charge in [-0.3, -0.25) is 4.79 Å². The average molecular weight is 607 g/mol. The number of piperidine rings is 1. The number of hydrogen-bond donors (Lipinski definition) is 2. The number of amides is 1. The van der Waals surface area contributed by atoms with Gasteiger partial charge in [0.15, 0.2) is 0 Å². The number of thiazole rings is 1. The van der Waals surface area contributed by atoms with Crippen LogP contribution in [0.1, 0.15) is 92.6 Å². The van der Waals surface area contributed by atoms with Crippen molar-refractivity contribution in [2.45, 2.75) is 90.5 Å². The van der Waals surface area contributed by atoms with Gasteiger partial charge in [0.25, 0.3) is 0 Å². The number of nitrogens with two attached hydrogens (primary N) is 2. The Morgan fingerprint density at radius 2 is 1.28 bits per heavy atom. The Balaban J connectivity index is -0.000000489. The highest BCUT2D eigenvalue weighted by molar-refractivity contribution is 7.11. The van der Waals surface area contributed by atoms with Crippen LogP contribution in [0.2, 0.25) is 0 Å². The topological polar surface area (TPSA) is 66.4 Å². The minimum Gasteiger partial charge on any atom is -0.346 e. The summed E-state index contributed by atoms with van der Waals surface area (Å²) in [6.07, 6.45) is 47.0. The first-order chi connectivity index (χ1) is 21.2. The highest BCUT2D eigenvalue weighted by Crippen LogP contribution is 2.28. The SMILES string of the molecule is C#C.C#C.C#C.C#C.C1CCCCC1.CC[NH2+]Cc1nc(C)sc1[C@H]1CC[NH2+]C1.O=CN1CCCCC1.c1ccccc1. The summed E-state index contributed by atoms with van der Waals surface area (Å²) in [5.41, 5.74) is 1.35. The van der Waals surface area contributed by atoms with Gasteiger partial charge in [-0.2, -0.15) is 0 Å². The molecule has 0 spiro atoms. The van der Waals surface area contributed by atoms with Crippen molar-refractivity contribution in [3.05, 3.63) is 52.0 Å². The first kappa shape index (κ1) is 43.9. The van der Waals surface area contributed by atoms with E-state index < -0.39 is 0 Å². The molecule has 2 aliphatic heterocycles. The van der Waals surface area contributed by atoms with Crippen LogP contribution in [0, 0.1) is 58.3 Å². The smallest absolute Gasteiger partial charge is 0.209 e. The van der Waals surface area contributed by atoms with E-state index in [2.05, 4.69) is 80.9 Å². The third-order valence-electron chi connectivity index (χ3n) is 6.71. The lowest BCUT2D eigenvalue weighted by Gasteiger charge is -2.21. The zero-order valence-corrected chi connectivity index (χ0v) is 27.7. The van der Waals surface area contributed by atoms with E-state index in [1.807, 2.05) is 52.6 Å². The molecule has 0 unspecified atom stereocenters. The molecule has 1 amide bonds. The summed E-state index contributed by atoms with van der Waals surface area (Å²) < 4.78 is 0. The van der Waals surface area contributed by atoms with Crippen molar-refractivity contribution in [3.63, 3.8) is 0 Å². The van der Waals surface area contributed by atoms with Crippen molar-refractivity contribution >= 4 is 17.7 Å². The summed E-state index contributed by atoms with van der Waals surface area (Å²) in [6.45, 7) is 11.0. The zero-order chi connectivity index (χ0) is 33.0. The first-order valence-electron chi connectivity index (χ1n) is 15.4. The maximum atomic E-state index is 10.1. The highest BCUT2D eigenvalue weighted by Gasteiger charge is 2.25. The summed E-state index contributed by atoms with van der Waals surface area (Å²) in [7, 11) is 0. The molecular formula is C37H58N4OS+2. The number of carbonyl (C=O) groups is 1. The Bertz CT molecular complexity index is 854. The van der Waals surface area contributed by atoms with Crippen molar-refractivity contribution in [1.82, 2.24) is 9.88 Å². The number of likely N-dealkylation sites (tertiary alicyclic amines) is 1. The van der Waals surface area contributed by atoms with Crippen molar-refractivity contribution in [2.24, 2.45) is 0 Å². The number of hydrogen-bond acceptors (Lipinski definition) is 3. The van der Waals surface area contributed by atoms with E-state index >= 15 is 0 Å². The molecule has 6 heteroatoms. The van der Waals surface area contributed by atoms with E-state index in [9.17, 15) is 4.79 Å². The molecule has 1 atom stereocenters. The third-order valence-corrected chi connectivity index (χ3v) is 7.88. The van der Waals surface area contributed by atoms with Crippen LogP contribution >= 0.6 is 11.3 Å². The van der Waals surface area contributed by atoms with E-state index in [1.54, 1.807) is 4.88 Å². The molecule has 3 aliphatic rings. The second kappa shape index (κ2) is 36.5. The van der Waals surface area contributed by atoms with E-state index in [0.717, 1.165) is 38.5 Å².